The number of pyridine rings is 1. The van der Waals surface area contributed by atoms with E-state index in [0.717, 1.165) is 28.3 Å². The van der Waals surface area contributed by atoms with Gasteiger partial charge in [0.15, 0.2) is 0 Å². The first-order valence-corrected chi connectivity index (χ1v) is 8.75. The van der Waals surface area contributed by atoms with Gasteiger partial charge < -0.3 is 14.7 Å². The molecule has 148 valence electrons. The minimum Gasteiger partial charge on any atom is -0.497 e. The van der Waals surface area contributed by atoms with Gasteiger partial charge in [0.05, 0.1) is 12.8 Å². The molecule has 0 spiro atoms. The highest BCUT2D eigenvalue weighted by molar-refractivity contribution is 5.99. The Bertz CT molecular complexity index is 1190. The van der Waals surface area contributed by atoms with E-state index < -0.39 is 17.7 Å². The van der Waals surface area contributed by atoms with Crippen LogP contribution in [0.3, 0.4) is 0 Å². The Hall–Kier alpha value is -3.55. The summed E-state index contributed by atoms with van der Waals surface area (Å²) in [5.41, 5.74) is 3.18. The highest BCUT2D eigenvalue weighted by Gasteiger charge is 2.40. The molecule has 2 N–H and O–H groups in total. The molecule has 0 fully saturated rings. The average molecular weight is 399 g/mol. The van der Waals surface area contributed by atoms with E-state index in [1.807, 2.05) is 36.5 Å². The number of alkyl halides is 3. The van der Waals surface area contributed by atoms with Crippen molar-refractivity contribution in [1.82, 2.24) is 15.0 Å². The summed E-state index contributed by atoms with van der Waals surface area (Å²) in [7, 11) is 1.61. The molecule has 0 aliphatic heterocycles. The first-order valence-electron chi connectivity index (χ1n) is 8.75. The maximum atomic E-state index is 12.6. The molecule has 3 aromatic heterocycles. The minimum atomic E-state index is -4.92. The quantitative estimate of drug-likeness (QED) is 0.469. The normalized spacial score (nSPS) is 11.7. The third-order valence-corrected chi connectivity index (χ3v) is 4.64. The molecule has 0 aliphatic carbocycles. The maximum absolute atomic E-state index is 12.6. The number of carbonyl (C=O) groups excluding carboxylic acids is 1. The van der Waals surface area contributed by atoms with Crippen LogP contribution in [0.5, 0.6) is 5.75 Å². The van der Waals surface area contributed by atoms with Gasteiger partial charge in [0.2, 0.25) is 0 Å². The fraction of sp³-hybridized carbons (Fsp3) is 0.143. The molecule has 0 saturated carbocycles. The van der Waals surface area contributed by atoms with E-state index in [0.29, 0.717) is 23.3 Å². The number of nitrogens with zero attached hydrogens (tertiary/aromatic N) is 1. The van der Waals surface area contributed by atoms with Gasteiger partial charge in [0.25, 0.3) is 5.78 Å². The van der Waals surface area contributed by atoms with E-state index in [9.17, 15) is 18.0 Å². The van der Waals surface area contributed by atoms with Crippen LogP contribution >= 0.6 is 0 Å². The molecule has 8 heteroatoms. The molecular weight excluding hydrogens is 383 g/mol. The zero-order valence-corrected chi connectivity index (χ0v) is 15.3. The van der Waals surface area contributed by atoms with Gasteiger partial charge in [0, 0.05) is 29.0 Å². The highest BCUT2D eigenvalue weighted by Crippen LogP contribution is 2.28. The smallest absolute Gasteiger partial charge is 0.456 e. The molecule has 3 heterocycles. The first kappa shape index (κ1) is 18.8. The van der Waals surface area contributed by atoms with Crippen molar-refractivity contribution in [3.8, 4) is 17.0 Å². The van der Waals surface area contributed by atoms with Crippen molar-refractivity contribution in [2.45, 2.75) is 12.6 Å². The Morgan fingerprint density at radius 1 is 1.17 bits per heavy atom. The molecule has 0 bridgehead atoms. The van der Waals surface area contributed by atoms with Crippen LogP contribution in [0.1, 0.15) is 21.6 Å². The molecule has 0 radical (unpaired) electrons. The second-order valence-electron chi connectivity index (χ2n) is 6.57. The van der Waals surface area contributed by atoms with E-state index >= 15 is 0 Å². The van der Waals surface area contributed by atoms with Gasteiger partial charge in [-0.2, -0.15) is 13.2 Å². The number of hydrogen-bond acceptors (Lipinski definition) is 3. The Morgan fingerprint density at radius 2 is 2.00 bits per heavy atom. The van der Waals surface area contributed by atoms with Crippen molar-refractivity contribution in [2.75, 3.05) is 7.11 Å². The summed E-state index contributed by atoms with van der Waals surface area (Å²) < 4.78 is 43.1. The number of benzene rings is 1. The Kier molecular flexibility index (Phi) is 4.62. The topological polar surface area (TPSA) is 70.8 Å². The Balaban J connectivity index is 1.67. The molecule has 29 heavy (non-hydrogen) atoms. The second kappa shape index (κ2) is 7.12. The van der Waals surface area contributed by atoms with Crippen LogP contribution in [0.25, 0.3) is 22.3 Å². The summed E-state index contributed by atoms with van der Waals surface area (Å²) in [5.74, 6) is -1.15. The van der Waals surface area contributed by atoms with Gasteiger partial charge in [0.1, 0.15) is 11.4 Å². The van der Waals surface area contributed by atoms with Crippen LogP contribution in [0.2, 0.25) is 0 Å². The zero-order chi connectivity index (χ0) is 20.6. The van der Waals surface area contributed by atoms with E-state index in [1.54, 1.807) is 13.3 Å². The van der Waals surface area contributed by atoms with Crippen LogP contribution in [-0.2, 0) is 6.42 Å². The van der Waals surface area contributed by atoms with Crippen molar-refractivity contribution in [2.24, 2.45) is 0 Å². The van der Waals surface area contributed by atoms with Crippen LogP contribution in [0.4, 0.5) is 13.2 Å². The predicted octanol–water partition coefficient (Wildman–Crippen LogP) is 4.90. The lowest BCUT2D eigenvalue weighted by Gasteiger charge is -2.05. The molecular formula is C21H16F3N3O2. The number of carbonyl (C=O) groups is 1. The molecule has 0 atom stereocenters. The van der Waals surface area contributed by atoms with E-state index in [1.165, 1.54) is 6.07 Å². The SMILES string of the molecule is COc1cccc(Cc2c[nH]c3ncc(-c4ccc(C(=O)C(F)(F)F)[nH]4)cc23)c1. The first-order chi connectivity index (χ1) is 13.8. The summed E-state index contributed by atoms with van der Waals surface area (Å²) in [6.45, 7) is 0. The number of ether oxygens (including phenoxy) is 1. The summed E-state index contributed by atoms with van der Waals surface area (Å²) in [6.07, 6.45) is -0.893. The van der Waals surface area contributed by atoms with Crippen molar-refractivity contribution in [3.05, 3.63) is 71.7 Å². The summed E-state index contributed by atoms with van der Waals surface area (Å²) >= 11 is 0. The zero-order valence-electron chi connectivity index (χ0n) is 15.3. The van der Waals surface area contributed by atoms with E-state index in [2.05, 4.69) is 15.0 Å². The lowest BCUT2D eigenvalue weighted by atomic mass is 10.0. The van der Waals surface area contributed by atoms with Gasteiger partial charge in [-0.1, -0.05) is 12.1 Å². The number of H-pyrrole nitrogens is 2. The molecule has 0 unspecified atom stereocenters. The van der Waals surface area contributed by atoms with Crippen molar-refractivity contribution in [3.63, 3.8) is 0 Å². The van der Waals surface area contributed by atoms with Gasteiger partial charge in [-0.15, -0.1) is 0 Å². The Labute approximate surface area is 163 Å². The highest BCUT2D eigenvalue weighted by atomic mass is 19.4. The fourth-order valence-electron chi connectivity index (χ4n) is 3.20. The van der Waals surface area contributed by atoms with Gasteiger partial charge >= 0.3 is 6.18 Å². The summed E-state index contributed by atoms with van der Waals surface area (Å²) in [5, 5.41) is 0.851. The van der Waals surface area contributed by atoms with Gasteiger partial charge in [-0.05, 0) is 47.9 Å². The van der Waals surface area contributed by atoms with Crippen molar-refractivity contribution >= 4 is 16.8 Å². The number of halogens is 3. The number of ketones is 1. The van der Waals surface area contributed by atoms with Crippen LogP contribution in [-0.4, -0.2) is 34.0 Å². The number of rotatable bonds is 5. The number of Topliss-reactive ketones (excluding diaryl/α,β-unsaturated/α-hetero) is 1. The maximum Gasteiger partial charge on any atom is 0.456 e. The molecule has 0 amide bonds. The monoisotopic (exact) mass is 399 g/mol. The summed E-state index contributed by atoms with van der Waals surface area (Å²) in [4.78, 5) is 21.4. The average Bonchev–Trinajstić information content (AvgIpc) is 3.34. The van der Waals surface area contributed by atoms with Crippen molar-refractivity contribution < 1.29 is 22.7 Å². The van der Waals surface area contributed by atoms with E-state index in [4.69, 9.17) is 4.74 Å². The second-order valence-corrected chi connectivity index (χ2v) is 6.57. The Morgan fingerprint density at radius 3 is 2.76 bits per heavy atom. The summed E-state index contributed by atoms with van der Waals surface area (Å²) in [6, 6.07) is 12.1. The van der Waals surface area contributed by atoms with Gasteiger partial charge in [-0.25, -0.2) is 4.98 Å². The third kappa shape index (κ3) is 3.73. The predicted molar refractivity (Wildman–Crippen MR) is 102 cm³/mol. The standard InChI is InChI=1S/C21H16F3N3O2/c1-29-15-4-2-3-12(8-15)7-13-10-25-20-16(13)9-14(11-26-20)17-5-6-18(27-17)19(28)21(22,23)24/h2-6,8-11,27H,7H2,1H3,(H,25,26). The number of methoxy groups -OCH3 is 1. The lowest BCUT2D eigenvalue weighted by Crippen LogP contribution is -2.22. The number of aromatic nitrogens is 3. The van der Waals surface area contributed by atoms with Crippen molar-refractivity contribution in [1.29, 1.82) is 0 Å². The minimum absolute atomic E-state index is 0.389. The van der Waals surface area contributed by atoms with E-state index in [-0.39, 0.29) is 0 Å². The van der Waals surface area contributed by atoms with Crippen LogP contribution < -0.4 is 4.74 Å². The number of hydrogen-bond donors (Lipinski definition) is 2. The number of nitrogens with one attached hydrogen (secondary N) is 2. The van der Waals surface area contributed by atoms with Gasteiger partial charge in [-0.3, -0.25) is 4.79 Å². The third-order valence-electron chi connectivity index (χ3n) is 4.64. The molecule has 4 aromatic rings. The number of aromatic amines is 2. The number of fused-ring (bicyclic) bond motifs is 1. The molecule has 0 aliphatic rings. The van der Waals surface area contributed by atoms with Crippen LogP contribution in [0.15, 0.2) is 54.9 Å². The molecule has 5 nitrogen and oxygen atoms in total. The lowest BCUT2D eigenvalue weighted by molar-refractivity contribution is -0.0887. The van der Waals surface area contributed by atoms with Crippen LogP contribution in [0, 0.1) is 0 Å². The molecule has 0 saturated heterocycles. The molecule has 4 rings (SSSR count). The largest absolute Gasteiger partial charge is 0.497 e. The molecule has 1 aromatic carbocycles. The fourth-order valence-corrected chi connectivity index (χ4v) is 3.20.